The summed E-state index contributed by atoms with van der Waals surface area (Å²) in [5.74, 6) is 0. The predicted octanol–water partition coefficient (Wildman–Crippen LogP) is 3.74. The third-order valence-electron chi connectivity index (χ3n) is 1.80. The van der Waals surface area contributed by atoms with Crippen LogP contribution in [0.4, 0.5) is 0 Å². The van der Waals surface area contributed by atoms with Crippen molar-refractivity contribution >= 4 is 25.4 Å². The molecule has 1 rings (SSSR count). The van der Waals surface area contributed by atoms with Crippen molar-refractivity contribution in [1.82, 2.24) is 0 Å². The molecule has 124 valence electrons. The van der Waals surface area contributed by atoms with Crippen molar-refractivity contribution in [3.63, 3.8) is 0 Å². The minimum atomic E-state index is -1.05. The molecule has 0 atom stereocenters. The molecular formula is C10H27O7P3. The van der Waals surface area contributed by atoms with Crippen LogP contribution in [0.1, 0.15) is 6.42 Å². The molecule has 0 spiro atoms. The summed E-state index contributed by atoms with van der Waals surface area (Å²) in [4.78, 5) is 0. The van der Waals surface area contributed by atoms with Crippen molar-refractivity contribution < 1.29 is 31.7 Å². The van der Waals surface area contributed by atoms with Gasteiger partial charge in [-0.3, -0.25) is 0 Å². The number of rotatable bonds is 5. The van der Waals surface area contributed by atoms with Gasteiger partial charge in [0.1, 0.15) is 0 Å². The summed E-state index contributed by atoms with van der Waals surface area (Å²) in [5.41, 5.74) is 0. The van der Waals surface area contributed by atoms with Gasteiger partial charge in [0.2, 0.25) is 0 Å². The second kappa shape index (κ2) is 18.1. The maximum Gasteiger partial charge on any atom is 0.331 e. The van der Waals surface area contributed by atoms with Crippen LogP contribution in [-0.4, -0.2) is 62.1 Å². The highest BCUT2D eigenvalue weighted by Gasteiger charge is 2.06. The zero-order valence-electron chi connectivity index (χ0n) is 13.3. The first-order valence-corrected chi connectivity index (χ1v) is 10.1. The number of hydrogen-bond donors (Lipinski definition) is 0. The highest BCUT2D eigenvalue weighted by Crippen LogP contribution is 2.36. The fraction of sp³-hybridized carbons (Fsp3) is 1.00. The summed E-state index contributed by atoms with van der Waals surface area (Å²) in [6.07, 6.45) is 1.06. The van der Waals surface area contributed by atoms with Crippen LogP contribution in [0.5, 0.6) is 0 Å². The Kier molecular flexibility index (Phi) is 21.0. The molecule has 1 aliphatic heterocycles. The molecule has 0 bridgehead atoms. The topological polar surface area (TPSA) is 64.6 Å². The zero-order valence-corrected chi connectivity index (χ0v) is 16.0. The molecule has 1 fully saturated rings. The molecule has 20 heavy (non-hydrogen) atoms. The normalized spacial score (nSPS) is 15.4. The Morgan fingerprint density at radius 1 is 0.800 bits per heavy atom. The van der Waals surface area contributed by atoms with Gasteiger partial charge in [0.05, 0.1) is 13.2 Å². The molecule has 0 N–H and O–H groups in total. The second-order valence-electron chi connectivity index (χ2n) is 3.04. The van der Waals surface area contributed by atoms with Crippen LogP contribution in [0, 0.1) is 0 Å². The molecule has 10 heteroatoms. The lowest BCUT2D eigenvalue weighted by atomic mass is 10.5. The smallest absolute Gasteiger partial charge is 0.331 e. The summed E-state index contributed by atoms with van der Waals surface area (Å²) < 4.78 is 33.7. The Labute approximate surface area is 126 Å². The summed E-state index contributed by atoms with van der Waals surface area (Å²) in [5, 5.41) is 0. The SMILES string of the molecule is COP(C)OC.COP(OC)OC.CP1OCCCO1. The number of hydrogen-bond acceptors (Lipinski definition) is 7. The Balaban J connectivity index is 0. The van der Waals surface area contributed by atoms with Crippen molar-refractivity contribution in [1.29, 1.82) is 0 Å². The summed E-state index contributed by atoms with van der Waals surface area (Å²) in [6, 6.07) is 0. The van der Waals surface area contributed by atoms with E-state index in [4.69, 9.17) is 18.1 Å². The van der Waals surface area contributed by atoms with Crippen molar-refractivity contribution in [3.8, 4) is 0 Å². The Morgan fingerprint density at radius 3 is 1.30 bits per heavy atom. The Hall–Kier alpha value is 1.01. The van der Waals surface area contributed by atoms with Crippen LogP contribution in [0.15, 0.2) is 0 Å². The first kappa shape index (κ1) is 23.3. The van der Waals surface area contributed by atoms with Gasteiger partial charge in [0.15, 0.2) is 16.8 Å². The molecule has 0 aromatic rings. The van der Waals surface area contributed by atoms with Gasteiger partial charge in [-0.1, -0.05) is 0 Å². The Morgan fingerprint density at radius 2 is 1.20 bits per heavy atom. The lowest BCUT2D eigenvalue weighted by Gasteiger charge is -2.17. The van der Waals surface area contributed by atoms with Gasteiger partial charge in [0.25, 0.3) is 0 Å². The fourth-order valence-corrected chi connectivity index (χ4v) is 2.22. The van der Waals surface area contributed by atoms with Gasteiger partial charge in [-0.25, -0.2) is 0 Å². The second-order valence-corrected chi connectivity index (χ2v) is 7.58. The molecule has 0 aliphatic carbocycles. The average molecular weight is 352 g/mol. The van der Waals surface area contributed by atoms with Crippen LogP contribution in [-0.2, 0) is 31.7 Å². The molecule has 1 aliphatic rings. The van der Waals surface area contributed by atoms with Crippen molar-refractivity contribution in [2.75, 3.05) is 62.1 Å². The predicted molar refractivity (Wildman–Crippen MR) is 84.2 cm³/mol. The van der Waals surface area contributed by atoms with Gasteiger partial charge < -0.3 is 31.7 Å². The standard InChI is InChI=1S/C4H9O2P.C3H9O3P.C3H9O2P/c1-7-5-3-2-4-6-7;1-4-7(5-2)6-3;1-4-6(3)5-2/h2-4H2,1H3;1-3H3;1-3H3. The van der Waals surface area contributed by atoms with Gasteiger partial charge in [0, 0.05) is 48.9 Å². The van der Waals surface area contributed by atoms with Crippen molar-refractivity contribution in [2.45, 2.75) is 6.42 Å². The highest BCUT2D eigenvalue weighted by atomic mass is 31.2. The first-order valence-electron chi connectivity index (χ1n) is 5.79. The van der Waals surface area contributed by atoms with Crippen molar-refractivity contribution in [2.24, 2.45) is 0 Å². The van der Waals surface area contributed by atoms with E-state index in [1.54, 1.807) is 35.5 Å². The van der Waals surface area contributed by atoms with Gasteiger partial charge in [-0.2, -0.15) is 0 Å². The molecule has 0 unspecified atom stereocenters. The van der Waals surface area contributed by atoms with Gasteiger partial charge in [-0.15, -0.1) is 0 Å². The monoisotopic (exact) mass is 352 g/mol. The van der Waals surface area contributed by atoms with E-state index < -0.39 is 25.4 Å². The highest BCUT2D eigenvalue weighted by molar-refractivity contribution is 7.46. The molecule has 0 aromatic heterocycles. The maximum absolute atomic E-state index is 5.12. The molecule has 0 amide bonds. The lowest BCUT2D eigenvalue weighted by molar-refractivity contribution is 0.185. The average Bonchev–Trinajstić information content (AvgIpc) is 2.50. The molecule has 1 saturated heterocycles. The minimum absolute atomic E-state index is 0.492. The van der Waals surface area contributed by atoms with E-state index >= 15 is 0 Å². The van der Waals surface area contributed by atoms with Gasteiger partial charge in [-0.05, 0) is 6.42 Å². The van der Waals surface area contributed by atoms with E-state index in [-0.39, 0.29) is 0 Å². The van der Waals surface area contributed by atoms with Gasteiger partial charge >= 0.3 is 8.60 Å². The summed E-state index contributed by atoms with van der Waals surface area (Å²) in [6.45, 7) is 5.66. The van der Waals surface area contributed by atoms with Crippen LogP contribution >= 0.6 is 25.4 Å². The lowest BCUT2D eigenvalue weighted by Crippen LogP contribution is -2.03. The molecule has 0 saturated carbocycles. The molecule has 1 heterocycles. The maximum atomic E-state index is 5.12. The Bertz CT molecular complexity index is 171. The molecule has 0 aromatic carbocycles. The molecular weight excluding hydrogens is 325 g/mol. The van der Waals surface area contributed by atoms with E-state index in [0.29, 0.717) is 0 Å². The van der Waals surface area contributed by atoms with Crippen LogP contribution in [0.25, 0.3) is 0 Å². The quantitative estimate of drug-likeness (QED) is 0.699. The fourth-order valence-electron chi connectivity index (χ4n) is 0.781. The van der Waals surface area contributed by atoms with E-state index in [0.717, 1.165) is 19.6 Å². The van der Waals surface area contributed by atoms with E-state index in [1.165, 1.54) is 0 Å². The van der Waals surface area contributed by atoms with Crippen LogP contribution < -0.4 is 0 Å². The minimum Gasteiger partial charge on any atom is -0.338 e. The third-order valence-corrected chi connectivity index (χ3v) is 4.81. The largest absolute Gasteiger partial charge is 0.338 e. The van der Waals surface area contributed by atoms with E-state index in [2.05, 4.69) is 13.6 Å². The molecule has 7 nitrogen and oxygen atoms in total. The summed E-state index contributed by atoms with van der Waals surface area (Å²) >= 11 is 0. The zero-order chi connectivity index (χ0) is 15.8. The van der Waals surface area contributed by atoms with E-state index in [1.807, 2.05) is 13.3 Å². The molecule has 0 radical (unpaired) electrons. The first-order chi connectivity index (χ1) is 9.55. The van der Waals surface area contributed by atoms with Crippen LogP contribution in [0.3, 0.4) is 0 Å². The van der Waals surface area contributed by atoms with E-state index in [9.17, 15) is 0 Å². The van der Waals surface area contributed by atoms with Crippen molar-refractivity contribution in [3.05, 3.63) is 0 Å². The summed E-state index contributed by atoms with van der Waals surface area (Å²) in [7, 11) is 5.77. The van der Waals surface area contributed by atoms with Crippen LogP contribution in [0.2, 0.25) is 0 Å². The third kappa shape index (κ3) is 17.1.